The maximum atomic E-state index is 14.0. The normalized spacial score (nSPS) is 13.7. The third-order valence-electron chi connectivity index (χ3n) is 11.3. The van der Waals surface area contributed by atoms with Crippen LogP contribution in [0.1, 0.15) is 135 Å². The molecule has 0 bridgehead atoms. The van der Waals surface area contributed by atoms with Crippen molar-refractivity contribution in [3.63, 3.8) is 0 Å². The number of hydrogen-bond acceptors (Lipinski definition) is 5. The molecule has 0 aliphatic rings. The molecular weight excluding hydrogens is 657 g/mol. The molecule has 0 aliphatic heterocycles. The molecule has 0 saturated heterocycles. The molecule has 4 rings (SSSR count). The summed E-state index contributed by atoms with van der Waals surface area (Å²) in [5, 5.41) is 0. The molecule has 0 radical (unpaired) electrons. The van der Waals surface area contributed by atoms with Crippen molar-refractivity contribution in [2.24, 2.45) is 5.92 Å². The zero-order valence-corrected chi connectivity index (χ0v) is 35.2. The van der Waals surface area contributed by atoms with E-state index >= 15 is 0 Å². The Morgan fingerprint density at radius 3 is 1.23 bits per heavy atom. The van der Waals surface area contributed by atoms with Gasteiger partial charge in [0.25, 0.3) is 0 Å². The second kappa shape index (κ2) is 15.5. The van der Waals surface area contributed by atoms with Gasteiger partial charge in [-0.05, 0) is 131 Å². The van der Waals surface area contributed by atoms with E-state index in [2.05, 4.69) is 96.1 Å². The Hall–Kier alpha value is -4.38. The molecule has 2 unspecified atom stereocenters. The average molecular weight is 719 g/mol. The predicted octanol–water partition coefficient (Wildman–Crippen LogP) is 11.9. The lowest BCUT2D eigenvalue weighted by Crippen LogP contribution is -2.44. The summed E-state index contributed by atoms with van der Waals surface area (Å²) >= 11 is 0. The molecule has 0 aliphatic carbocycles. The van der Waals surface area contributed by atoms with Gasteiger partial charge in [-0.2, -0.15) is 0 Å². The van der Waals surface area contributed by atoms with Gasteiger partial charge in [-0.15, -0.1) is 0 Å². The first-order valence-corrected chi connectivity index (χ1v) is 19.1. The van der Waals surface area contributed by atoms with E-state index in [1.54, 1.807) is 0 Å². The smallest absolute Gasteiger partial charge is 0.355 e. The van der Waals surface area contributed by atoms with Crippen molar-refractivity contribution < 1.29 is 23.8 Å². The average Bonchev–Trinajstić information content (AvgIpc) is 3.07. The van der Waals surface area contributed by atoms with Crippen LogP contribution in [0.5, 0.6) is 17.2 Å². The van der Waals surface area contributed by atoms with Gasteiger partial charge in [0.1, 0.15) is 17.2 Å². The molecule has 0 spiro atoms. The van der Waals surface area contributed by atoms with E-state index in [-0.39, 0.29) is 22.7 Å². The molecular formula is C48H62O5. The van der Waals surface area contributed by atoms with Gasteiger partial charge in [0.2, 0.25) is 5.60 Å². The van der Waals surface area contributed by atoms with E-state index in [4.69, 9.17) is 14.2 Å². The van der Waals surface area contributed by atoms with Gasteiger partial charge >= 0.3 is 11.9 Å². The summed E-state index contributed by atoms with van der Waals surface area (Å²) in [6.45, 7) is 32.9. The highest BCUT2D eigenvalue weighted by Crippen LogP contribution is 2.41. The monoisotopic (exact) mass is 718 g/mol. The zero-order valence-electron chi connectivity index (χ0n) is 35.2. The number of hydrogen-bond donors (Lipinski definition) is 0. The van der Waals surface area contributed by atoms with Crippen LogP contribution in [0.3, 0.4) is 0 Å². The Morgan fingerprint density at radius 1 is 0.528 bits per heavy atom. The third kappa shape index (κ3) is 8.56. The standard InChI is InChI=1S/C48H62O5/c1-17-30(5)44(49)51-41-31(6)22-39(23-32(41)7)47(14,15)40-26-35(10)43(36(11)27-40)53-48(16,18-2)45(50)52-42-33(8)24-38(25-34(42)9)46(12,13)37-20-28(3)19-29(4)21-37/h19-27,30H,17-18H2,1-16H3. The van der Waals surface area contributed by atoms with Crippen LogP contribution in [0.15, 0.2) is 54.6 Å². The minimum Gasteiger partial charge on any atom is -0.475 e. The lowest BCUT2D eigenvalue weighted by molar-refractivity contribution is -0.151. The Morgan fingerprint density at radius 2 is 0.868 bits per heavy atom. The molecule has 0 heterocycles. The molecule has 0 saturated carbocycles. The summed E-state index contributed by atoms with van der Waals surface area (Å²) in [4.78, 5) is 26.6. The molecule has 0 amide bonds. The third-order valence-corrected chi connectivity index (χ3v) is 11.3. The van der Waals surface area contributed by atoms with E-state index < -0.39 is 11.6 Å². The molecule has 0 fully saturated rings. The Bertz CT molecular complexity index is 1940. The molecule has 284 valence electrons. The maximum Gasteiger partial charge on any atom is 0.355 e. The van der Waals surface area contributed by atoms with Crippen LogP contribution in [-0.4, -0.2) is 17.5 Å². The Kier molecular flexibility index (Phi) is 12.1. The van der Waals surface area contributed by atoms with Crippen molar-refractivity contribution in [3.05, 3.63) is 121 Å². The number of rotatable bonds is 12. The number of carbonyl (C=O) groups excluding carboxylic acids is 2. The van der Waals surface area contributed by atoms with Crippen LogP contribution in [0.4, 0.5) is 0 Å². The molecule has 5 nitrogen and oxygen atoms in total. The van der Waals surface area contributed by atoms with Gasteiger partial charge in [-0.1, -0.05) is 114 Å². The molecule has 0 aromatic heterocycles. The van der Waals surface area contributed by atoms with E-state index in [0.717, 1.165) is 50.9 Å². The molecule has 4 aromatic carbocycles. The minimum absolute atomic E-state index is 0.153. The quantitative estimate of drug-likeness (QED) is 0.108. The number of aryl methyl sites for hydroxylation is 8. The summed E-state index contributed by atoms with van der Waals surface area (Å²) in [6.07, 6.45) is 1.17. The number of esters is 2. The maximum absolute atomic E-state index is 14.0. The predicted molar refractivity (Wildman–Crippen MR) is 218 cm³/mol. The van der Waals surface area contributed by atoms with Gasteiger partial charge in [0.15, 0.2) is 0 Å². The second-order valence-electron chi connectivity index (χ2n) is 16.8. The van der Waals surface area contributed by atoms with Crippen molar-refractivity contribution in [2.75, 3.05) is 0 Å². The Labute approximate surface area is 319 Å². The van der Waals surface area contributed by atoms with E-state index in [0.29, 0.717) is 23.7 Å². The van der Waals surface area contributed by atoms with Gasteiger partial charge in [-0.3, -0.25) is 4.79 Å². The lowest BCUT2D eigenvalue weighted by atomic mass is 9.76. The van der Waals surface area contributed by atoms with Crippen molar-refractivity contribution in [3.8, 4) is 17.2 Å². The number of ether oxygens (including phenoxy) is 3. The van der Waals surface area contributed by atoms with E-state index in [1.807, 2.05) is 69.2 Å². The summed E-state index contributed by atoms with van der Waals surface area (Å²) in [5.41, 5.74) is 10.9. The summed E-state index contributed by atoms with van der Waals surface area (Å²) in [7, 11) is 0. The van der Waals surface area contributed by atoms with Gasteiger partial charge in [-0.25, -0.2) is 4.79 Å². The Balaban J connectivity index is 1.60. The minimum atomic E-state index is -1.21. The first kappa shape index (κ1) is 41.4. The number of carbonyl (C=O) groups is 2. The van der Waals surface area contributed by atoms with Gasteiger partial charge < -0.3 is 14.2 Å². The van der Waals surface area contributed by atoms with E-state index in [1.165, 1.54) is 22.3 Å². The summed E-state index contributed by atoms with van der Waals surface area (Å²) in [5.74, 6) is 1.13. The second-order valence-corrected chi connectivity index (χ2v) is 16.8. The molecule has 2 atom stereocenters. The van der Waals surface area contributed by atoms with Crippen LogP contribution in [0.2, 0.25) is 0 Å². The van der Waals surface area contributed by atoms with Crippen molar-refractivity contribution in [1.82, 2.24) is 0 Å². The van der Waals surface area contributed by atoms with Crippen LogP contribution in [-0.2, 0) is 20.4 Å². The van der Waals surface area contributed by atoms with Crippen LogP contribution in [0, 0.1) is 61.3 Å². The fourth-order valence-corrected chi connectivity index (χ4v) is 7.14. The van der Waals surface area contributed by atoms with Crippen LogP contribution >= 0.6 is 0 Å². The molecule has 0 N–H and O–H groups in total. The molecule has 4 aromatic rings. The first-order valence-electron chi connectivity index (χ1n) is 19.1. The van der Waals surface area contributed by atoms with Crippen molar-refractivity contribution >= 4 is 11.9 Å². The summed E-state index contributed by atoms with van der Waals surface area (Å²) < 4.78 is 18.7. The highest BCUT2D eigenvalue weighted by Gasteiger charge is 2.38. The SMILES string of the molecule is CCC(C)C(=O)Oc1c(C)cc(C(C)(C)c2cc(C)c(OC(C)(CC)C(=O)Oc3c(C)cc(C(C)(C)c4cc(C)cc(C)c4)cc3C)c(C)c2)cc1C. The first-order chi connectivity index (χ1) is 24.5. The topological polar surface area (TPSA) is 61.8 Å². The molecule has 5 heteroatoms. The lowest BCUT2D eigenvalue weighted by Gasteiger charge is -2.32. The van der Waals surface area contributed by atoms with Crippen molar-refractivity contribution in [2.45, 2.75) is 140 Å². The number of benzene rings is 4. The highest BCUT2D eigenvalue weighted by molar-refractivity contribution is 5.82. The van der Waals surface area contributed by atoms with Crippen LogP contribution < -0.4 is 14.2 Å². The fraction of sp³-hybridized carbons (Fsp3) is 0.458. The highest BCUT2D eigenvalue weighted by atomic mass is 16.6. The van der Waals surface area contributed by atoms with Crippen molar-refractivity contribution in [1.29, 1.82) is 0 Å². The van der Waals surface area contributed by atoms with Gasteiger partial charge in [0.05, 0.1) is 5.92 Å². The van der Waals surface area contributed by atoms with E-state index in [9.17, 15) is 9.59 Å². The fourth-order valence-electron chi connectivity index (χ4n) is 7.14. The summed E-state index contributed by atoms with van der Waals surface area (Å²) in [6, 6.07) is 19.5. The zero-order chi connectivity index (χ0) is 39.8. The largest absolute Gasteiger partial charge is 0.475 e. The van der Waals surface area contributed by atoms with Gasteiger partial charge in [0, 0.05) is 10.8 Å². The molecule has 53 heavy (non-hydrogen) atoms. The van der Waals surface area contributed by atoms with Crippen LogP contribution in [0.25, 0.3) is 0 Å².